The summed E-state index contributed by atoms with van der Waals surface area (Å²) < 4.78 is 5.44. The Morgan fingerprint density at radius 1 is 1.38 bits per heavy atom. The van der Waals surface area contributed by atoms with Crippen molar-refractivity contribution in [2.45, 2.75) is 32.7 Å². The van der Waals surface area contributed by atoms with E-state index in [2.05, 4.69) is 31.1 Å². The van der Waals surface area contributed by atoms with Crippen LogP contribution in [0.3, 0.4) is 0 Å². The largest absolute Gasteiger partial charge is 0.381 e. The summed E-state index contributed by atoms with van der Waals surface area (Å²) in [7, 11) is 2.04. The molecule has 3 rings (SSSR count). The monoisotopic (exact) mass is 287 g/mol. The van der Waals surface area contributed by atoms with Crippen LogP contribution in [0.25, 0.3) is 0 Å². The van der Waals surface area contributed by atoms with Gasteiger partial charge in [-0.1, -0.05) is 0 Å². The minimum absolute atomic E-state index is 0.401. The van der Waals surface area contributed by atoms with Gasteiger partial charge in [0.05, 0.1) is 18.0 Å². The van der Waals surface area contributed by atoms with Gasteiger partial charge in [-0.25, -0.2) is 9.97 Å². The standard InChI is InChI=1S/C15H21N5O/c1-10-13(11(2)19-18-10)7-20(3)15-6-14(16-9-17-15)12-4-5-21-8-12/h6,9,12H,4-5,7-8H2,1-3H3,(H,18,19). The molecule has 0 bridgehead atoms. The zero-order valence-corrected chi connectivity index (χ0v) is 12.8. The van der Waals surface area contributed by atoms with Crippen molar-refractivity contribution in [2.75, 3.05) is 25.2 Å². The van der Waals surface area contributed by atoms with Gasteiger partial charge in [0, 0.05) is 43.4 Å². The molecule has 1 N–H and O–H groups in total. The van der Waals surface area contributed by atoms with E-state index in [0.29, 0.717) is 5.92 Å². The lowest BCUT2D eigenvalue weighted by atomic mass is 10.0. The Bertz CT molecular complexity index is 599. The van der Waals surface area contributed by atoms with E-state index in [0.717, 1.165) is 49.1 Å². The lowest BCUT2D eigenvalue weighted by Crippen LogP contribution is -2.19. The van der Waals surface area contributed by atoms with Gasteiger partial charge in [0.15, 0.2) is 0 Å². The van der Waals surface area contributed by atoms with Crippen LogP contribution in [0.4, 0.5) is 5.82 Å². The van der Waals surface area contributed by atoms with E-state index in [1.807, 2.05) is 20.9 Å². The first-order chi connectivity index (χ1) is 10.1. The molecule has 0 aromatic carbocycles. The molecule has 6 heteroatoms. The number of hydrogen-bond donors (Lipinski definition) is 1. The van der Waals surface area contributed by atoms with Gasteiger partial charge < -0.3 is 9.64 Å². The smallest absolute Gasteiger partial charge is 0.132 e. The molecule has 1 aliphatic heterocycles. The van der Waals surface area contributed by atoms with Gasteiger partial charge in [-0.15, -0.1) is 0 Å². The van der Waals surface area contributed by atoms with Gasteiger partial charge in [-0.05, 0) is 20.3 Å². The molecule has 0 radical (unpaired) electrons. The Morgan fingerprint density at radius 3 is 2.90 bits per heavy atom. The van der Waals surface area contributed by atoms with E-state index in [-0.39, 0.29) is 0 Å². The molecule has 0 aliphatic carbocycles. The maximum Gasteiger partial charge on any atom is 0.132 e. The quantitative estimate of drug-likeness (QED) is 0.931. The molecule has 3 heterocycles. The van der Waals surface area contributed by atoms with Gasteiger partial charge in [-0.2, -0.15) is 5.10 Å². The van der Waals surface area contributed by atoms with Crippen molar-refractivity contribution in [1.82, 2.24) is 20.2 Å². The molecule has 2 aromatic rings. The first-order valence-corrected chi connectivity index (χ1v) is 7.26. The number of nitrogens with zero attached hydrogens (tertiary/aromatic N) is 4. The number of aromatic amines is 1. The third-order valence-corrected chi connectivity index (χ3v) is 4.09. The van der Waals surface area contributed by atoms with Crippen molar-refractivity contribution in [3.05, 3.63) is 35.0 Å². The van der Waals surface area contributed by atoms with Gasteiger partial charge in [-0.3, -0.25) is 5.10 Å². The summed E-state index contributed by atoms with van der Waals surface area (Å²) in [5.74, 6) is 1.34. The highest BCUT2D eigenvalue weighted by atomic mass is 16.5. The summed E-state index contributed by atoms with van der Waals surface area (Å²) in [6.07, 6.45) is 2.69. The molecule has 6 nitrogen and oxygen atoms in total. The summed E-state index contributed by atoms with van der Waals surface area (Å²) >= 11 is 0. The second-order valence-corrected chi connectivity index (χ2v) is 5.63. The first kappa shape index (κ1) is 14.0. The van der Waals surface area contributed by atoms with Crippen LogP contribution in [0.2, 0.25) is 0 Å². The second-order valence-electron chi connectivity index (χ2n) is 5.63. The van der Waals surface area contributed by atoms with Crippen molar-refractivity contribution in [2.24, 2.45) is 0 Å². The Morgan fingerprint density at radius 2 is 2.24 bits per heavy atom. The Balaban J connectivity index is 1.78. The number of hydrogen-bond acceptors (Lipinski definition) is 5. The van der Waals surface area contributed by atoms with Crippen molar-refractivity contribution in [1.29, 1.82) is 0 Å². The Labute approximate surface area is 124 Å². The molecule has 0 spiro atoms. The minimum Gasteiger partial charge on any atom is -0.381 e. The summed E-state index contributed by atoms with van der Waals surface area (Å²) in [4.78, 5) is 10.9. The summed E-state index contributed by atoms with van der Waals surface area (Å²) in [6.45, 7) is 6.44. The summed E-state index contributed by atoms with van der Waals surface area (Å²) in [5, 5.41) is 7.27. The lowest BCUT2D eigenvalue weighted by Gasteiger charge is -2.19. The van der Waals surface area contributed by atoms with Crippen LogP contribution in [0.5, 0.6) is 0 Å². The van der Waals surface area contributed by atoms with Crippen molar-refractivity contribution in [3.63, 3.8) is 0 Å². The van der Waals surface area contributed by atoms with E-state index >= 15 is 0 Å². The van der Waals surface area contributed by atoms with E-state index in [1.165, 1.54) is 5.56 Å². The molecule has 21 heavy (non-hydrogen) atoms. The molecule has 1 aliphatic rings. The van der Waals surface area contributed by atoms with Gasteiger partial charge in [0.2, 0.25) is 0 Å². The van der Waals surface area contributed by atoms with Gasteiger partial charge >= 0.3 is 0 Å². The fourth-order valence-electron chi connectivity index (χ4n) is 2.69. The SMILES string of the molecule is Cc1n[nH]c(C)c1CN(C)c1cc(C2CCOC2)ncn1. The number of anilines is 1. The first-order valence-electron chi connectivity index (χ1n) is 7.26. The Hall–Kier alpha value is -1.95. The summed E-state index contributed by atoms with van der Waals surface area (Å²) in [6, 6.07) is 2.07. The minimum atomic E-state index is 0.401. The highest BCUT2D eigenvalue weighted by molar-refractivity contribution is 5.41. The number of rotatable bonds is 4. The predicted octanol–water partition coefficient (Wildman–Crippen LogP) is 1.96. The van der Waals surface area contributed by atoms with Crippen molar-refractivity contribution < 1.29 is 4.74 Å². The maximum atomic E-state index is 5.44. The third kappa shape index (κ3) is 2.90. The van der Waals surface area contributed by atoms with Crippen molar-refractivity contribution >= 4 is 5.82 Å². The highest BCUT2D eigenvalue weighted by Gasteiger charge is 2.20. The van der Waals surface area contributed by atoms with Crippen LogP contribution < -0.4 is 4.90 Å². The van der Waals surface area contributed by atoms with E-state index in [4.69, 9.17) is 4.74 Å². The van der Waals surface area contributed by atoms with Crippen LogP contribution in [0, 0.1) is 13.8 Å². The maximum absolute atomic E-state index is 5.44. The zero-order valence-electron chi connectivity index (χ0n) is 12.8. The summed E-state index contributed by atoms with van der Waals surface area (Å²) in [5.41, 5.74) is 4.45. The number of aromatic nitrogens is 4. The van der Waals surface area contributed by atoms with Crippen LogP contribution in [-0.2, 0) is 11.3 Å². The normalized spacial score (nSPS) is 18.1. The zero-order chi connectivity index (χ0) is 14.8. The molecule has 1 atom stereocenters. The molecule has 0 saturated carbocycles. The number of H-pyrrole nitrogens is 1. The van der Waals surface area contributed by atoms with E-state index in [9.17, 15) is 0 Å². The van der Waals surface area contributed by atoms with Crippen LogP contribution in [0.15, 0.2) is 12.4 Å². The lowest BCUT2D eigenvalue weighted by molar-refractivity contribution is 0.193. The van der Waals surface area contributed by atoms with E-state index in [1.54, 1.807) is 6.33 Å². The molecule has 1 unspecified atom stereocenters. The fraction of sp³-hybridized carbons (Fsp3) is 0.533. The Kier molecular flexibility index (Phi) is 3.88. The fourth-order valence-corrected chi connectivity index (χ4v) is 2.69. The van der Waals surface area contributed by atoms with Crippen LogP contribution in [-0.4, -0.2) is 40.4 Å². The molecule has 1 saturated heterocycles. The average molecular weight is 287 g/mol. The van der Waals surface area contributed by atoms with Gasteiger partial charge in [0.25, 0.3) is 0 Å². The second kappa shape index (κ2) is 5.81. The molecule has 1 fully saturated rings. The molecular weight excluding hydrogens is 266 g/mol. The highest BCUT2D eigenvalue weighted by Crippen LogP contribution is 2.25. The number of aryl methyl sites for hydroxylation is 2. The average Bonchev–Trinajstić information content (AvgIpc) is 3.13. The molecule has 2 aromatic heterocycles. The van der Waals surface area contributed by atoms with Gasteiger partial charge in [0.1, 0.15) is 12.1 Å². The van der Waals surface area contributed by atoms with E-state index < -0.39 is 0 Å². The number of ether oxygens (including phenoxy) is 1. The topological polar surface area (TPSA) is 66.9 Å². The predicted molar refractivity (Wildman–Crippen MR) is 80.4 cm³/mol. The third-order valence-electron chi connectivity index (χ3n) is 4.09. The van der Waals surface area contributed by atoms with Crippen molar-refractivity contribution in [3.8, 4) is 0 Å². The molecule has 0 amide bonds. The van der Waals surface area contributed by atoms with Crippen LogP contribution in [0.1, 0.15) is 35.0 Å². The molecular formula is C15H21N5O. The number of nitrogens with one attached hydrogen (secondary N) is 1. The van der Waals surface area contributed by atoms with Crippen LogP contribution >= 0.6 is 0 Å². The molecule has 112 valence electrons.